The predicted molar refractivity (Wildman–Crippen MR) is 104 cm³/mol. The quantitative estimate of drug-likeness (QED) is 0.112. The summed E-state index contributed by atoms with van der Waals surface area (Å²) in [5.41, 5.74) is 5.50. The van der Waals surface area contributed by atoms with Gasteiger partial charge in [-0.3, -0.25) is 4.55 Å². The lowest BCUT2D eigenvalue weighted by atomic mass is 10.6. The normalized spacial score (nSPS) is 12.4. The Morgan fingerprint density at radius 2 is 1.00 bits per heavy atom. The molecule has 0 saturated heterocycles. The first-order valence-electron chi connectivity index (χ1n) is 9.09. The number of hydrogen-bond acceptors (Lipinski definition) is 11. The summed E-state index contributed by atoms with van der Waals surface area (Å²) in [5, 5.41) is 8.50. The number of nitrogens with two attached hydrogens (primary N) is 1. The van der Waals surface area contributed by atoms with E-state index in [1.54, 1.807) is 0 Å². The van der Waals surface area contributed by atoms with Crippen LogP contribution in [0.3, 0.4) is 0 Å². The van der Waals surface area contributed by atoms with E-state index in [1.807, 2.05) is 0 Å². The van der Waals surface area contributed by atoms with E-state index >= 15 is 0 Å². The Labute approximate surface area is 173 Å². The highest BCUT2D eigenvalue weighted by molar-refractivity contribution is 7.85. The van der Waals surface area contributed by atoms with Crippen LogP contribution >= 0.6 is 0 Å². The maximum Gasteiger partial charge on any atom is 0.261 e. The van der Waals surface area contributed by atoms with Crippen molar-refractivity contribution in [2.45, 2.75) is 6.23 Å². The van der Waals surface area contributed by atoms with Gasteiger partial charge in [0.05, 0.1) is 92.1 Å². The van der Waals surface area contributed by atoms with E-state index in [9.17, 15) is 8.42 Å². The van der Waals surface area contributed by atoms with Crippen molar-refractivity contribution in [1.82, 2.24) is 0 Å². The molecule has 12 nitrogen and oxygen atoms in total. The number of methoxy groups -OCH3 is 1. The number of aliphatic hydroxyl groups is 1. The molecule has 4 N–H and O–H groups in total. The van der Waals surface area contributed by atoms with E-state index in [4.69, 9.17) is 48.6 Å². The first-order valence-corrected chi connectivity index (χ1v) is 10.9. The molecule has 29 heavy (non-hydrogen) atoms. The van der Waals surface area contributed by atoms with Gasteiger partial charge in [-0.05, 0) is 0 Å². The average molecular weight is 452 g/mol. The van der Waals surface area contributed by atoms with Gasteiger partial charge in [0.1, 0.15) is 6.23 Å². The minimum atomic E-state index is -3.67. The van der Waals surface area contributed by atoms with Gasteiger partial charge < -0.3 is 44.0 Å². The summed E-state index contributed by atoms with van der Waals surface area (Å²) >= 11 is 0. The standard InChI is InChI=1S/C15H33NO8.CH4O3S/c1-18-15(16)14-24-13-12-23-11-10-22-9-8-21-7-6-20-5-4-19-3-2-17;1-5(2,3)4/h15,17H,2-14,16H2,1H3;1H3,(H,2,3,4). The fourth-order valence-electron chi connectivity index (χ4n) is 1.43. The van der Waals surface area contributed by atoms with Gasteiger partial charge in [0, 0.05) is 7.11 Å². The predicted octanol–water partition coefficient (Wildman–Crippen LogP) is -1.49. The van der Waals surface area contributed by atoms with Gasteiger partial charge in [-0.2, -0.15) is 8.42 Å². The van der Waals surface area contributed by atoms with E-state index in [-0.39, 0.29) is 6.61 Å². The molecule has 0 aliphatic carbocycles. The molecule has 178 valence electrons. The Morgan fingerprint density at radius 1 is 0.724 bits per heavy atom. The number of rotatable bonds is 20. The molecule has 0 amide bonds. The van der Waals surface area contributed by atoms with Crippen LogP contribution in [-0.4, -0.2) is 124 Å². The van der Waals surface area contributed by atoms with E-state index in [2.05, 4.69) is 0 Å². The maximum absolute atomic E-state index is 9.19. The third-order valence-electron chi connectivity index (χ3n) is 2.68. The largest absolute Gasteiger partial charge is 0.394 e. The van der Waals surface area contributed by atoms with E-state index in [0.717, 1.165) is 0 Å². The number of hydrogen-bond donors (Lipinski definition) is 3. The lowest BCUT2D eigenvalue weighted by molar-refractivity contribution is -0.0288. The zero-order valence-corrected chi connectivity index (χ0v) is 18.1. The van der Waals surface area contributed by atoms with Crippen molar-refractivity contribution in [3.63, 3.8) is 0 Å². The average Bonchev–Trinajstić information content (AvgIpc) is 2.65. The molecular weight excluding hydrogens is 414 g/mol. The second-order valence-corrected chi connectivity index (χ2v) is 6.83. The summed E-state index contributed by atoms with van der Waals surface area (Å²) in [6, 6.07) is 0. The highest BCUT2D eigenvalue weighted by Crippen LogP contribution is 1.86. The fraction of sp³-hybridized carbons (Fsp3) is 1.00. The van der Waals surface area contributed by atoms with Gasteiger partial charge in [0.2, 0.25) is 0 Å². The van der Waals surface area contributed by atoms with Crippen LogP contribution in [0.25, 0.3) is 0 Å². The second-order valence-electron chi connectivity index (χ2n) is 5.37. The van der Waals surface area contributed by atoms with Crippen molar-refractivity contribution in [2.24, 2.45) is 5.73 Å². The van der Waals surface area contributed by atoms with Crippen molar-refractivity contribution in [3.05, 3.63) is 0 Å². The van der Waals surface area contributed by atoms with Gasteiger partial charge in [0.15, 0.2) is 0 Å². The highest BCUT2D eigenvalue weighted by Gasteiger charge is 1.98. The molecule has 1 atom stereocenters. The molecule has 0 aromatic heterocycles. The third-order valence-corrected chi connectivity index (χ3v) is 2.68. The minimum absolute atomic E-state index is 0.0328. The van der Waals surface area contributed by atoms with E-state index in [1.165, 1.54) is 7.11 Å². The zero-order chi connectivity index (χ0) is 22.2. The van der Waals surface area contributed by atoms with Crippen molar-refractivity contribution >= 4 is 10.1 Å². The summed E-state index contributed by atoms with van der Waals surface area (Å²) in [7, 11) is -2.13. The lowest BCUT2D eigenvalue weighted by Gasteiger charge is -2.10. The molecule has 0 rings (SSSR count). The van der Waals surface area contributed by atoms with Crippen LogP contribution < -0.4 is 5.73 Å². The molecule has 0 aromatic carbocycles. The third kappa shape index (κ3) is 38.7. The molecule has 13 heteroatoms. The maximum atomic E-state index is 9.19. The molecule has 0 heterocycles. The molecule has 0 saturated carbocycles. The minimum Gasteiger partial charge on any atom is -0.394 e. The molecule has 0 aromatic rings. The number of aliphatic hydroxyl groups excluding tert-OH is 1. The molecule has 0 bridgehead atoms. The van der Waals surface area contributed by atoms with Crippen LogP contribution in [0.5, 0.6) is 0 Å². The molecule has 1 unspecified atom stereocenters. The van der Waals surface area contributed by atoms with Crippen LogP contribution in [0.2, 0.25) is 0 Å². The Morgan fingerprint density at radius 3 is 1.28 bits per heavy atom. The lowest BCUT2D eigenvalue weighted by Crippen LogP contribution is -2.28. The van der Waals surface area contributed by atoms with Gasteiger partial charge in [-0.15, -0.1) is 0 Å². The Kier molecular flexibility index (Phi) is 25.3. The van der Waals surface area contributed by atoms with Crippen LogP contribution in [0, 0.1) is 0 Å². The van der Waals surface area contributed by atoms with E-state index in [0.29, 0.717) is 85.5 Å². The second kappa shape index (κ2) is 23.8. The molecule has 0 fully saturated rings. The highest BCUT2D eigenvalue weighted by atomic mass is 32.2. The van der Waals surface area contributed by atoms with E-state index < -0.39 is 16.3 Å². The van der Waals surface area contributed by atoms with Crippen LogP contribution in [0.1, 0.15) is 0 Å². The smallest absolute Gasteiger partial charge is 0.261 e. The first-order chi connectivity index (χ1) is 13.8. The molecule has 0 spiro atoms. The monoisotopic (exact) mass is 451 g/mol. The van der Waals surface area contributed by atoms with Crippen molar-refractivity contribution in [1.29, 1.82) is 0 Å². The Balaban J connectivity index is 0. The SMILES string of the molecule is COC(N)COCCOCCOCCOCCOCCOCCO.CS(=O)(=O)O. The fourth-order valence-corrected chi connectivity index (χ4v) is 1.43. The number of ether oxygens (including phenoxy) is 7. The van der Waals surface area contributed by atoms with Gasteiger partial charge in [0.25, 0.3) is 10.1 Å². The summed E-state index contributed by atoms with van der Waals surface area (Å²) < 4.78 is 62.3. The molecule has 0 radical (unpaired) electrons. The molecular formula is C16H37NO11S. The molecule has 0 aliphatic rings. The summed E-state index contributed by atoms with van der Waals surface area (Å²) in [5.74, 6) is 0. The van der Waals surface area contributed by atoms with Crippen molar-refractivity contribution in [2.75, 3.05) is 99.3 Å². The van der Waals surface area contributed by atoms with Gasteiger partial charge in [-0.25, -0.2) is 0 Å². The van der Waals surface area contributed by atoms with Crippen LogP contribution in [-0.2, 0) is 43.3 Å². The van der Waals surface area contributed by atoms with Crippen molar-refractivity contribution < 1.29 is 51.2 Å². The van der Waals surface area contributed by atoms with Gasteiger partial charge in [-0.1, -0.05) is 0 Å². The van der Waals surface area contributed by atoms with Crippen LogP contribution in [0.4, 0.5) is 0 Å². The zero-order valence-electron chi connectivity index (χ0n) is 17.3. The first kappa shape index (κ1) is 30.7. The summed E-state index contributed by atoms with van der Waals surface area (Å²) in [4.78, 5) is 0. The summed E-state index contributed by atoms with van der Waals surface area (Å²) in [6.07, 6.45) is 0.325. The summed E-state index contributed by atoms with van der Waals surface area (Å²) in [6.45, 7) is 5.76. The topological polar surface area (TPSA) is 165 Å². The van der Waals surface area contributed by atoms with Gasteiger partial charge >= 0.3 is 0 Å². The van der Waals surface area contributed by atoms with Crippen LogP contribution in [0.15, 0.2) is 0 Å². The van der Waals surface area contributed by atoms with Crippen molar-refractivity contribution in [3.8, 4) is 0 Å². The Hall–Kier alpha value is -0.450. The molecule has 0 aliphatic heterocycles. The Bertz CT molecular complexity index is 404.